The van der Waals surface area contributed by atoms with E-state index in [1.54, 1.807) is 0 Å². The molecule has 0 spiro atoms. The Bertz CT molecular complexity index is 467. The van der Waals surface area contributed by atoms with E-state index in [0.29, 0.717) is 12.5 Å². The molecule has 1 aromatic carbocycles. The van der Waals surface area contributed by atoms with E-state index in [0.717, 1.165) is 19.3 Å². The molecule has 3 heteroatoms. The molecule has 1 amide bonds. The van der Waals surface area contributed by atoms with Gasteiger partial charge in [-0.3, -0.25) is 4.79 Å². The van der Waals surface area contributed by atoms with Crippen LogP contribution >= 0.6 is 0 Å². The smallest absolute Gasteiger partial charge is 0.223 e. The Kier molecular flexibility index (Phi) is 2.86. The number of likely N-dealkylation sites (tertiary alicyclic amines) is 1. The Morgan fingerprint density at radius 2 is 1.94 bits per heavy atom. The van der Waals surface area contributed by atoms with Crippen molar-refractivity contribution in [3.63, 3.8) is 0 Å². The van der Waals surface area contributed by atoms with Crippen molar-refractivity contribution in [3.05, 3.63) is 35.4 Å². The average molecular weight is 244 g/mol. The van der Waals surface area contributed by atoms with E-state index in [1.807, 2.05) is 12.1 Å². The fraction of sp³-hybridized carbons (Fsp3) is 0.533. The van der Waals surface area contributed by atoms with Gasteiger partial charge in [0.05, 0.1) is 6.04 Å². The van der Waals surface area contributed by atoms with E-state index < -0.39 is 0 Å². The molecule has 0 bridgehead atoms. The average Bonchev–Trinajstić information content (AvgIpc) is 3.17. The highest BCUT2D eigenvalue weighted by molar-refractivity contribution is 5.78. The standard InChI is InChI=1S/C15H20N2O/c1-10-4-2-3-5-12(10)15-13(16)8-9-14(18)17(15)11-6-7-11/h2-5,11,13,15H,6-9,16H2,1H3. The predicted molar refractivity (Wildman–Crippen MR) is 71.0 cm³/mol. The molecule has 18 heavy (non-hydrogen) atoms. The van der Waals surface area contributed by atoms with Gasteiger partial charge in [-0.1, -0.05) is 24.3 Å². The first-order valence-corrected chi connectivity index (χ1v) is 6.81. The molecule has 96 valence electrons. The van der Waals surface area contributed by atoms with Gasteiger partial charge in [0, 0.05) is 18.5 Å². The van der Waals surface area contributed by atoms with Crippen LogP contribution in [0.15, 0.2) is 24.3 Å². The quantitative estimate of drug-likeness (QED) is 0.866. The number of carbonyl (C=O) groups excluding carboxylic acids is 1. The number of aryl methyl sites for hydroxylation is 1. The van der Waals surface area contributed by atoms with Crippen molar-refractivity contribution in [1.29, 1.82) is 0 Å². The first kappa shape index (κ1) is 11.7. The SMILES string of the molecule is Cc1ccccc1C1C(N)CCC(=O)N1C1CC1. The van der Waals surface area contributed by atoms with Gasteiger partial charge in [-0.15, -0.1) is 0 Å². The van der Waals surface area contributed by atoms with Crippen LogP contribution in [0.5, 0.6) is 0 Å². The number of piperidine rings is 1. The molecule has 0 radical (unpaired) electrons. The van der Waals surface area contributed by atoms with Gasteiger partial charge in [0.2, 0.25) is 5.91 Å². The molecule has 0 aromatic heterocycles. The van der Waals surface area contributed by atoms with Crippen molar-refractivity contribution in [1.82, 2.24) is 4.90 Å². The maximum absolute atomic E-state index is 12.2. The summed E-state index contributed by atoms with van der Waals surface area (Å²) in [5.41, 5.74) is 8.77. The van der Waals surface area contributed by atoms with Crippen LogP contribution in [0.3, 0.4) is 0 Å². The van der Waals surface area contributed by atoms with Crippen LogP contribution in [0.25, 0.3) is 0 Å². The summed E-state index contributed by atoms with van der Waals surface area (Å²) in [6, 6.07) is 8.90. The maximum atomic E-state index is 12.2. The highest BCUT2D eigenvalue weighted by Gasteiger charge is 2.43. The molecule has 2 unspecified atom stereocenters. The van der Waals surface area contributed by atoms with Crippen molar-refractivity contribution in [2.24, 2.45) is 5.73 Å². The first-order valence-electron chi connectivity index (χ1n) is 6.81. The van der Waals surface area contributed by atoms with Gasteiger partial charge in [0.25, 0.3) is 0 Å². The van der Waals surface area contributed by atoms with E-state index in [-0.39, 0.29) is 18.0 Å². The lowest BCUT2D eigenvalue weighted by atomic mass is 9.88. The lowest BCUT2D eigenvalue weighted by Crippen LogP contribution is -2.50. The number of rotatable bonds is 2. The molecule has 2 aliphatic rings. The van der Waals surface area contributed by atoms with Crippen LogP contribution in [0.1, 0.15) is 42.9 Å². The third-order valence-corrected chi connectivity index (χ3v) is 4.13. The number of benzene rings is 1. The number of carbonyl (C=O) groups is 1. The Labute approximate surface area is 108 Å². The normalized spacial score (nSPS) is 28.6. The molecule has 1 aliphatic carbocycles. The molecule has 1 aliphatic heterocycles. The van der Waals surface area contributed by atoms with Gasteiger partial charge >= 0.3 is 0 Å². The van der Waals surface area contributed by atoms with Gasteiger partial charge in [-0.25, -0.2) is 0 Å². The molecular formula is C15H20N2O. The van der Waals surface area contributed by atoms with Gasteiger partial charge in [0.15, 0.2) is 0 Å². The summed E-state index contributed by atoms with van der Waals surface area (Å²) < 4.78 is 0. The van der Waals surface area contributed by atoms with Crippen molar-refractivity contribution < 1.29 is 4.79 Å². The van der Waals surface area contributed by atoms with Crippen molar-refractivity contribution in [3.8, 4) is 0 Å². The second-order valence-corrected chi connectivity index (χ2v) is 5.54. The predicted octanol–water partition coefficient (Wildman–Crippen LogP) is 2.15. The Morgan fingerprint density at radius 1 is 1.22 bits per heavy atom. The van der Waals surface area contributed by atoms with Crippen LogP contribution in [-0.4, -0.2) is 22.9 Å². The van der Waals surface area contributed by atoms with Crippen LogP contribution in [-0.2, 0) is 4.79 Å². The summed E-state index contributed by atoms with van der Waals surface area (Å²) in [6.07, 6.45) is 3.70. The molecule has 2 atom stereocenters. The fourth-order valence-corrected chi connectivity index (χ4v) is 3.02. The highest BCUT2D eigenvalue weighted by Crippen LogP contribution is 2.40. The summed E-state index contributed by atoms with van der Waals surface area (Å²) in [5, 5.41) is 0. The van der Waals surface area contributed by atoms with E-state index in [1.165, 1.54) is 11.1 Å². The number of nitrogens with zero attached hydrogens (tertiary/aromatic N) is 1. The molecule has 3 rings (SSSR count). The zero-order valence-electron chi connectivity index (χ0n) is 10.8. The maximum Gasteiger partial charge on any atom is 0.223 e. The van der Waals surface area contributed by atoms with Gasteiger partial charge in [0.1, 0.15) is 0 Å². The van der Waals surface area contributed by atoms with Crippen LogP contribution in [0.4, 0.5) is 0 Å². The largest absolute Gasteiger partial charge is 0.331 e. The monoisotopic (exact) mass is 244 g/mol. The van der Waals surface area contributed by atoms with Gasteiger partial charge in [-0.2, -0.15) is 0 Å². The van der Waals surface area contributed by atoms with Crippen LogP contribution in [0.2, 0.25) is 0 Å². The zero-order valence-corrected chi connectivity index (χ0v) is 10.8. The minimum absolute atomic E-state index is 0.0735. The summed E-state index contributed by atoms with van der Waals surface area (Å²) in [5.74, 6) is 0.285. The second kappa shape index (κ2) is 4.39. The van der Waals surface area contributed by atoms with Crippen molar-refractivity contribution in [2.45, 2.75) is 50.7 Å². The van der Waals surface area contributed by atoms with Crippen LogP contribution < -0.4 is 5.73 Å². The second-order valence-electron chi connectivity index (χ2n) is 5.54. The topological polar surface area (TPSA) is 46.3 Å². The molecule has 2 N–H and O–H groups in total. The van der Waals surface area contributed by atoms with Crippen molar-refractivity contribution >= 4 is 5.91 Å². The molecule has 1 saturated carbocycles. The van der Waals surface area contributed by atoms with E-state index in [4.69, 9.17) is 5.73 Å². The number of nitrogens with two attached hydrogens (primary N) is 1. The molecule has 1 aromatic rings. The summed E-state index contributed by atoms with van der Waals surface area (Å²) in [7, 11) is 0. The minimum Gasteiger partial charge on any atom is -0.331 e. The van der Waals surface area contributed by atoms with E-state index in [2.05, 4.69) is 24.0 Å². The molecule has 2 fully saturated rings. The molecule has 1 saturated heterocycles. The fourth-order valence-electron chi connectivity index (χ4n) is 3.02. The Morgan fingerprint density at radius 3 is 2.61 bits per heavy atom. The third-order valence-electron chi connectivity index (χ3n) is 4.13. The van der Waals surface area contributed by atoms with E-state index in [9.17, 15) is 4.79 Å². The Hall–Kier alpha value is -1.35. The molecule has 3 nitrogen and oxygen atoms in total. The van der Waals surface area contributed by atoms with Crippen LogP contribution in [0, 0.1) is 6.92 Å². The number of hydrogen-bond acceptors (Lipinski definition) is 2. The molecule has 1 heterocycles. The summed E-state index contributed by atoms with van der Waals surface area (Å²) >= 11 is 0. The Balaban J connectivity index is 2.00. The number of hydrogen-bond donors (Lipinski definition) is 1. The lowest BCUT2D eigenvalue weighted by molar-refractivity contribution is -0.138. The minimum atomic E-state index is 0.0735. The summed E-state index contributed by atoms with van der Waals surface area (Å²) in [6.45, 7) is 2.10. The first-order chi connectivity index (χ1) is 8.68. The summed E-state index contributed by atoms with van der Waals surface area (Å²) in [4.78, 5) is 14.3. The van der Waals surface area contributed by atoms with E-state index >= 15 is 0 Å². The molecular weight excluding hydrogens is 224 g/mol. The third kappa shape index (κ3) is 1.93. The van der Waals surface area contributed by atoms with Gasteiger partial charge < -0.3 is 10.6 Å². The highest BCUT2D eigenvalue weighted by atomic mass is 16.2. The van der Waals surface area contributed by atoms with Crippen molar-refractivity contribution in [2.75, 3.05) is 0 Å². The van der Waals surface area contributed by atoms with Gasteiger partial charge in [-0.05, 0) is 37.3 Å². The zero-order chi connectivity index (χ0) is 12.7. The lowest BCUT2D eigenvalue weighted by Gasteiger charge is -2.41. The number of amides is 1.